The van der Waals surface area contributed by atoms with Crippen LogP contribution in [-0.2, 0) is 15.0 Å². The number of allylic oxidation sites excluding steroid dienone is 1. The average Bonchev–Trinajstić information content (AvgIpc) is 3.73. The molecule has 2 aromatic carbocycles. The molecule has 6 heteroatoms. The summed E-state index contributed by atoms with van der Waals surface area (Å²) in [6, 6.07) is 18.0. The Kier molecular flexibility index (Phi) is 9.81. The molecule has 42 heavy (non-hydrogen) atoms. The predicted octanol–water partition coefficient (Wildman–Crippen LogP) is 6.50. The largest absolute Gasteiger partial charge is 0.374 e. The van der Waals surface area contributed by atoms with E-state index in [-0.39, 0.29) is 17.2 Å². The van der Waals surface area contributed by atoms with Gasteiger partial charge in [0.2, 0.25) is 17.5 Å². The van der Waals surface area contributed by atoms with E-state index in [9.17, 15) is 9.59 Å². The van der Waals surface area contributed by atoms with Crippen molar-refractivity contribution < 1.29 is 14.2 Å². The first kappa shape index (κ1) is 30.1. The number of nitrogens with one attached hydrogen (secondary N) is 2. The Balaban J connectivity index is 1.21. The Morgan fingerprint density at radius 3 is 2.10 bits per heavy atom. The molecule has 5 rings (SSSR count). The van der Waals surface area contributed by atoms with Gasteiger partial charge in [0.15, 0.2) is 5.71 Å². The molecule has 0 spiro atoms. The van der Waals surface area contributed by atoms with Gasteiger partial charge in [-0.05, 0) is 63.3 Å². The smallest absolute Gasteiger partial charge is 0.221 e. The highest BCUT2D eigenvalue weighted by atomic mass is 16.2. The van der Waals surface area contributed by atoms with Crippen molar-refractivity contribution in [3.63, 3.8) is 0 Å². The van der Waals surface area contributed by atoms with E-state index in [0.717, 1.165) is 49.9 Å². The molecule has 224 valence electrons. The molecule has 2 N–H and O–H groups in total. The number of carbonyl (C=O) groups excluding carboxylic acids is 2. The molecule has 2 fully saturated rings. The fourth-order valence-corrected chi connectivity index (χ4v) is 6.93. The van der Waals surface area contributed by atoms with Gasteiger partial charge >= 0.3 is 0 Å². The molecule has 2 aliphatic carbocycles. The van der Waals surface area contributed by atoms with Gasteiger partial charge in [0.05, 0.1) is 5.41 Å². The van der Waals surface area contributed by atoms with Crippen LogP contribution in [0.15, 0.2) is 54.6 Å². The van der Waals surface area contributed by atoms with Gasteiger partial charge in [0, 0.05) is 68.3 Å². The summed E-state index contributed by atoms with van der Waals surface area (Å²) in [5, 5.41) is 6.42. The number of nitrogens with zero attached hydrogens (tertiary/aromatic N) is 2. The first-order valence-electron chi connectivity index (χ1n) is 16.1. The van der Waals surface area contributed by atoms with Crippen molar-refractivity contribution in [2.24, 2.45) is 0 Å². The van der Waals surface area contributed by atoms with Crippen LogP contribution in [0.2, 0.25) is 0 Å². The van der Waals surface area contributed by atoms with Crippen molar-refractivity contribution >= 4 is 35.0 Å². The maximum absolute atomic E-state index is 12.6. The minimum atomic E-state index is -0.127. The third kappa shape index (κ3) is 7.32. The highest BCUT2D eigenvalue weighted by molar-refractivity contribution is 6.05. The SMILES string of the molecule is CN(CCC(=O)NC1CCCC1)c1ccc(/C=C/C2=[N+](CCCC(=O)NC3CCCC3)c3ccccc3C2(C)C)cc1. The molecule has 0 radical (unpaired) electrons. The zero-order valence-corrected chi connectivity index (χ0v) is 25.8. The summed E-state index contributed by atoms with van der Waals surface area (Å²) in [7, 11) is 2.05. The highest BCUT2D eigenvalue weighted by Gasteiger charge is 2.43. The van der Waals surface area contributed by atoms with Crippen LogP contribution >= 0.6 is 0 Å². The van der Waals surface area contributed by atoms with E-state index in [2.05, 4.69) is 94.6 Å². The topological polar surface area (TPSA) is 64.5 Å². The Hall–Kier alpha value is -3.41. The van der Waals surface area contributed by atoms with Crippen LogP contribution in [0.25, 0.3) is 6.08 Å². The summed E-state index contributed by atoms with van der Waals surface area (Å²) in [6.07, 6.45) is 15.7. The zero-order valence-electron chi connectivity index (χ0n) is 25.8. The van der Waals surface area contributed by atoms with Crippen LogP contribution in [-0.4, -0.2) is 54.3 Å². The normalized spacial score (nSPS) is 18.5. The van der Waals surface area contributed by atoms with Crippen LogP contribution in [0, 0.1) is 0 Å². The summed E-state index contributed by atoms with van der Waals surface area (Å²) < 4.78 is 2.41. The lowest BCUT2D eigenvalue weighted by Gasteiger charge is -2.20. The summed E-state index contributed by atoms with van der Waals surface area (Å²) in [4.78, 5) is 27.1. The van der Waals surface area contributed by atoms with Gasteiger partial charge in [0.1, 0.15) is 6.54 Å². The predicted molar refractivity (Wildman–Crippen MR) is 173 cm³/mol. The number of anilines is 1. The van der Waals surface area contributed by atoms with Gasteiger partial charge in [-0.15, -0.1) is 0 Å². The summed E-state index contributed by atoms with van der Waals surface area (Å²) >= 11 is 0. The third-order valence-corrected chi connectivity index (χ3v) is 9.47. The van der Waals surface area contributed by atoms with E-state index in [4.69, 9.17) is 0 Å². The first-order chi connectivity index (χ1) is 20.3. The summed E-state index contributed by atoms with van der Waals surface area (Å²) in [6.45, 7) is 6.10. The van der Waals surface area contributed by atoms with E-state index in [0.29, 0.717) is 31.5 Å². The maximum atomic E-state index is 12.6. The van der Waals surface area contributed by atoms with Crippen LogP contribution in [0.1, 0.15) is 95.6 Å². The summed E-state index contributed by atoms with van der Waals surface area (Å²) in [5.74, 6) is 0.342. The van der Waals surface area contributed by atoms with Crippen molar-refractivity contribution in [1.29, 1.82) is 0 Å². The van der Waals surface area contributed by atoms with Crippen molar-refractivity contribution in [2.75, 3.05) is 25.0 Å². The molecule has 2 saturated carbocycles. The van der Waals surface area contributed by atoms with Gasteiger partial charge in [-0.25, -0.2) is 0 Å². The van der Waals surface area contributed by atoms with Gasteiger partial charge in [-0.1, -0.05) is 56.0 Å². The standard InChI is InChI=1S/C36H48N4O2/c1-36(2)31-15-8-9-16-32(31)40(25-10-17-34(41)37-28-11-4-5-12-28)33(36)23-20-27-18-21-30(22-19-27)39(3)26-24-35(42)38-29-13-6-7-14-29/h8-9,15-16,18-23,28-29H,4-7,10-14,17,24-26H2,1-3H3,(H-,37,38,41,42)/p+1. The minimum absolute atomic E-state index is 0.127. The van der Waals surface area contributed by atoms with Crippen LogP contribution < -0.4 is 15.5 Å². The molecular formula is C36H49N4O2+. The second-order valence-corrected chi connectivity index (χ2v) is 13.0. The number of para-hydroxylation sites is 1. The average molecular weight is 570 g/mol. The Labute approximate surface area is 252 Å². The maximum Gasteiger partial charge on any atom is 0.221 e. The molecule has 6 nitrogen and oxygen atoms in total. The monoisotopic (exact) mass is 569 g/mol. The van der Waals surface area contributed by atoms with Gasteiger partial charge in [0.25, 0.3) is 0 Å². The van der Waals surface area contributed by atoms with Crippen LogP contribution in [0.5, 0.6) is 0 Å². The number of hydrogen-bond donors (Lipinski definition) is 2. The molecule has 0 bridgehead atoms. The van der Waals surface area contributed by atoms with E-state index in [1.165, 1.54) is 42.6 Å². The molecule has 0 unspecified atom stereocenters. The highest BCUT2D eigenvalue weighted by Crippen LogP contribution is 2.40. The second kappa shape index (κ2) is 13.7. The Morgan fingerprint density at radius 2 is 1.45 bits per heavy atom. The van der Waals surface area contributed by atoms with Crippen molar-refractivity contribution in [1.82, 2.24) is 10.6 Å². The number of fused-ring (bicyclic) bond motifs is 1. The van der Waals surface area contributed by atoms with Gasteiger partial charge in [-0.2, -0.15) is 4.58 Å². The third-order valence-electron chi connectivity index (χ3n) is 9.47. The Bertz CT molecular complexity index is 1300. The second-order valence-electron chi connectivity index (χ2n) is 13.0. The minimum Gasteiger partial charge on any atom is -0.374 e. The van der Waals surface area contributed by atoms with Crippen molar-refractivity contribution in [3.05, 3.63) is 65.7 Å². The molecule has 0 aromatic heterocycles. The molecule has 2 amide bonds. The molecular weight excluding hydrogens is 520 g/mol. The van der Waals surface area contributed by atoms with Crippen LogP contribution in [0.3, 0.4) is 0 Å². The Morgan fingerprint density at radius 1 is 0.857 bits per heavy atom. The molecule has 0 saturated heterocycles. The van der Waals surface area contributed by atoms with E-state index < -0.39 is 0 Å². The first-order valence-corrected chi connectivity index (χ1v) is 16.1. The van der Waals surface area contributed by atoms with E-state index in [1.54, 1.807) is 0 Å². The number of carbonyl (C=O) groups is 2. The van der Waals surface area contributed by atoms with Gasteiger partial charge < -0.3 is 15.5 Å². The van der Waals surface area contributed by atoms with E-state index >= 15 is 0 Å². The van der Waals surface area contributed by atoms with Crippen LogP contribution in [0.4, 0.5) is 11.4 Å². The zero-order chi connectivity index (χ0) is 29.5. The number of amides is 2. The van der Waals surface area contributed by atoms with Crippen molar-refractivity contribution in [3.8, 4) is 0 Å². The quantitative estimate of drug-likeness (QED) is 0.287. The molecule has 1 heterocycles. The lowest BCUT2D eigenvalue weighted by molar-refractivity contribution is -0.438. The number of hydrogen-bond acceptors (Lipinski definition) is 3. The summed E-state index contributed by atoms with van der Waals surface area (Å²) in [5.41, 5.74) is 5.95. The fraction of sp³-hybridized carbons (Fsp3) is 0.528. The van der Waals surface area contributed by atoms with Gasteiger partial charge in [-0.3, -0.25) is 9.59 Å². The van der Waals surface area contributed by atoms with Crippen molar-refractivity contribution in [2.45, 2.75) is 102 Å². The lowest BCUT2D eigenvalue weighted by Crippen LogP contribution is -2.34. The number of rotatable bonds is 12. The molecule has 1 aliphatic heterocycles. The van der Waals surface area contributed by atoms with E-state index in [1.807, 2.05) is 7.05 Å². The molecule has 0 atom stereocenters. The lowest BCUT2D eigenvalue weighted by atomic mass is 9.81. The fourth-order valence-electron chi connectivity index (χ4n) is 6.93. The molecule has 3 aliphatic rings. The number of benzene rings is 2. The molecule has 2 aromatic rings.